The lowest BCUT2D eigenvalue weighted by molar-refractivity contribution is -0.384. The zero-order valence-electron chi connectivity index (χ0n) is 17.2. The lowest BCUT2D eigenvalue weighted by atomic mass is 10.1. The number of nitro benzene ring substituents is 1. The van der Waals surface area contributed by atoms with Crippen molar-refractivity contribution < 1.29 is 9.72 Å². The van der Waals surface area contributed by atoms with Crippen LogP contribution in [0.25, 0.3) is 16.8 Å². The molecule has 0 spiro atoms. The summed E-state index contributed by atoms with van der Waals surface area (Å²) in [5, 5.41) is 14.2. The SMILES string of the molecule is O=C1N=C(N2CCN(c3cccc4ccccc34)CC2)SC1=Cc1cccc([N+](=O)[O-])c1. The fraction of sp³-hybridized carbons (Fsp3) is 0.167. The Morgan fingerprint density at radius 3 is 2.47 bits per heavy atom. The van der Waals surface area contributed by atoms with Gasteiger partial charge in [-0.15, -0.1) is 0 Å². The maximum atomic E-state index is 12.4. The van der Waals surface area contributed by atoms with Gasteiger partial charge in [0.25, 0.3) is 11.6 Å². The van der Waals surface area contributed by atoms with Crippen molar-refractivity contribution in [3.8, 4) is 0 Å². The topological polar surface area (TPSA) is 79.0 Å². The minimum absolute atomic E-state index is 0.000459. The molecule has 0 aromatic heterocycles. The summed E-state index contributed by atoms with van der Waals surface area (Å²) in [5.41, 5.74) is 1.85. The number of carbonyl (C=O) groups is 1. The first-order valence-electron chi connectivity index (χ1n) is 10.3. The summed E-state index contributed by atoms with van der Waals surface area (Å²) in [6.07, 6.45) is 1.67. The Labute approximate surface area is 189 Å². The number of fused-ring (bicyclic) bond motifs is 1. The van der Waals surface area contributed by atoms with E-state index in [-0.39, 0.29) is 11.6 Å². The quantitative estimate of drug-likeness (QED) is 0.335. The van der Waals surface area contributed by atoms with Crippen LogP contribution in [-0.2, 0) is 4.79 Å². The summed E-state index contributed by atoms with van der Waals surface area (Å²) in [6, 6.07) is 21.0. The van der Waals surface area contributed by atoms with Crippen molar-refractivity contribution >= 4 is 51.1 Å². The van der Waals surface area contributed by atoms with E-state index < -0.39 is 4.92 Å². The normalized spacial score (nSPS) is 17.8. The predicted molar refractivity (Wildman–Crippen MR) is 129 cm³/mol. The molecule has 3 aromatic carbocycles. The molecule has 0 saturated carbocycles. The van der Waals surface area contributed by atoms with E-state index in [2.05, 4.69) is 57.3 Å². The van der Waals surface area contributed by atoms with Crippen molar-refractivity contribution in [2.75, 3.05) is 31.1 Å². The van der Waals surface area contributed by atoms with E-state index in [1.54, 1.807) is 18.2 Å². The van der Waals surface area contributed by atoms with E-state index in [4.69, 9.17) is 0 Å². The van der Waals surface area contributed by atoms with Crippen molar-refractivity contribution in [3.05, 3.63) is 87.3 Å². The van der Waals surface area contributed by atoms with Crippen molar-refractivity contribution in [3.63, 3.8) is 0 Å². The second-order valence-electron chi connectivity index (χ2n) is 7.63. The Morgan fingerprint density at radius 2 is 1.66 bits per heavy atom. The Balaban J connectivity index is 1.27. The molecule has 3 aromatic rings. The van der Waals surface area contributed by atoms with Crippen LogP contribution in [0.2, 0.25) is 0 Å². The number of amides is 1. The van der Waals surface area contributed by atoms with Crippen LogP contribution in [0, 0.1) is 10.1 Å². The first kappa shape index (κ1) is 20.3. The average Bonchev–Trinajstić information content (AvgIpc) is 3.19. The first-order chi connectivity index (χ1) is 15.6. The van der Waals surface area contributed by atoms with Crippen LogP contribution >= 0.6 is 11.8 Å². The molecule has 5 rings (SSSR count). The number of piperazine rings is 1. The van der Waals surface area contributed by atoms with Crippen molar-refractivity contribution in [1.82, 2.24) is 4.90 Å². The lowest BCUT2D eigenvalue weighted by Crippen LogP contribution is -2.47. The molecule has 0 bridgehead atoms. The van der Waals surface area contributed by atoms with E-state index in [1.807, 2.05) is 0 Å². The molecule has 0 atom stereocenters. The Kier molecular flexibility index (Phi) is 5.36. The first-order valence-corrected chi connectivity index (χ1v) is 11.1. The van der Waals surface area contributed by atoms with Gasteiger partial charge in [0.05, 0.1) is 9.83 Å². The van der Waals surface area contributed by atoms with Gasteiger partial charge in [-0.2, -0.15) is 4.99 Å². The van der Waals surface area contributed by atoms with Crippen LogP contribution in [0.3, 0.4) is 0 Å². The monoisotopic (exact) mass is 444 g/mol. The van der Waals surface area contributed by atoms with Gasteiger partial charge < -0.3 is 9.80 Å². The van der Waals surface area contributed by atoms with Crippen LogP contribution in [0.1, 0.15) is 5.56 Å². The summed E-state index contributed by atoms with van der Waals surface area (Å²) in [5.74, 6) is -0.298. The second kappa shape index (κ2) is 8.47. The Hall–Kier alpha value is -3.65. The van der Waals surface area contributed by atoms with Gasteiger partial charge in [-0.3, -0.25) is 14.9 Å². The average molecular weight is 445 g/mol. The van der Waals surface area contributed by atoms with Gasteiger partial charge in [0.1, 0.15) is 0 Å². The van der Waals surface area contributed by atoms with Gasteiger partial charge in [0.2, 0.25) is 0 Å². The lowest BCUT2D eigenvalue weighted by Gasteiger charge is -2.37. The van der Waals surface area contributed by atoms with Crippen LogP contribution in [0.15, 0.2) is 76.6 Å². The molecule has 7 nitrogen and oxygen atoms in total. The maximum Gasteiger partial charge on any atom is 0.286 e. The second-order valence-corrected chi connectivity index (χ2v) is 8.64. The highest BCUT2D eigenvalue weighted by Gasteiger charge is 2.29. The largest absolute Gasteiger partial charge is 0.367 e. The fourth-order valence-corrected chi connectivity index (χ4v) is 5.00. The fourth-order valence-electron chi connectivity index (χ4n) is 4.04. The number of nitro groups is 1. The molecule has 160 valence electrons. The molecule has 2 heterocycles. The summed E-state index contributed by atoms with van der Waals surface area (Å²) < 4.78 is 0. The third-order valence-corrected chi connectivity index (χ3v) is 6.69. The molecule has 2 aliphatic heterocycles. The summed E-state index contributed by atoms with van der Waals surface area (Å²) in [6.45, 7) is 3.22. The van der Waals surface area contributed by atoms with Gasteiger partial charge in [-0.25, -0.2) is 0 Å². The van der Waals surface area contributed by atoms with Crippen LogP contribution in [0.4, 0.5) is 11.4 Å². The number of rotatable bonds is 3. The van der Waals surface area contributed by atoms with E-state index >= 15 is 0 Å². The van der Waals surface area contributed by atoms with Gasteiger partial charge in [-0.1, -0.05) is 48.5 Å². The highest BCUT2D eigenvalue weighted by atomic mass is 32.2. The van der Waals surface area contributed by atoms with Gasteiger partial charge >= 0.3 is 0 Å². The third-order valence-electron chi connectivity index (χ3n) is 5.65. The molecule has 32 heavy (non-hydrogen) atoms. The molecule has 0 aliphatic carbocycles. The van der Waals surface area contributed by atoms with Gasteiger partial charge in [-0.05, 0) is 34.9 Å². The Bertz CT molecular complexity index is 1270. The third kappa shape index (κ3) is 3.97. The molecule has 1 fully saturated rings. The number of non-ortho nitro benzene ring substituents is 1. The predicted octanol–water partition coefficient (Wildman–Crippen LogP) is 4.54. The van der Waals surface area contributed by atoms with Crippen LogP contribution in [0.5, 0.6) is 0 Å². The van der Waals surface area contributed by atoms with E-state index in [1.165, 1.54) is 40.4 Å². The minimum Gasteiger partial charge on any atom is -0.367 e. The van der Waals surface area contributed by atoms with Gasteiger partial charge in [0.15, 0.2) is 5.17 Å². The van der Waals surface area contributed by atoms with Gasteiger partial charge in [0, 0.05) is 49.4 Å². The zero-order valence-corrected chi connectivity index (χ0v) is 18.0. The highest BCUT2D eigenvalue weighted by Crippen LogP contribution is 2.32. The van der Waals surface area contributed by atoms with Crippen molar-refractivity contribution in [2.45, 2.75) is 0 Å². The minimum atomic E-state index is -0.441. The number of hydrogen-bond donors (Lipinski definition) is 0. The summed E-state index contributed by atoms with van der Waals surface area (Å²) >= 11 is 1.33. The highest BCUT2D eigenvalue weighted by molar-refractivity contribution is 8.18. The molecule has 1 saturated heterocycles. The molecule has 1 amide bonds. The zero-order chi connectivity index (χ0) is 22.1. The molecular formula is C24H20N4O3S. The smallest absolute Gasteiger partial charge is 0.286 e. The molecule has 0 N–H and O–H groups in total. The standard InChI is InChI=1S/C24H20N4O3S/c29-23-22(16-17-5-3-8-19(15-17)28(30)31)32-24(25-23)27-13-11-26(12-14-27)21-10-4-7-18-6-1-2-9-20(18)21/h1-10,15-16H,11-14H2. The number of amidine groups is 1. The number of aliphatic imine (C=N–C) groups is 1. The number of carbonyl (C=O) groups excluding carboxylic acids is 1. The van der Waals surface area contributed by atoms with Crippen molar-refractivity contribution in [2.24, 2.45) is 4.99 Å². The summed E-state index contributed by atoms with van der Waals surface area (Å²) in [4.78, 5) is 32.2. The van der Waals surface area contributed by atoms with E-state index in [9.17, 15) is 14.9 Å². The van der Waals surface area contributed by atoms with Crippen molar-refractivity contribution in [1.29, 1.82) is 0 Å². The number of hydrogen-bond acceptors (Lipinski definition) is 6. The molecule has 0 radical (unpaired) electrons. The van der Waals surface area contributed by atoms with E-state index in [0.29, 0.717) is 15.6 Å². The molecule has 0 unspecified atom stereocenters. The number of anilines is 1. The Morgan fingerprint density at radius 1 is 0.938 bits per heavy atom. The summed E-state index contributed by atoms with van der Waals surface area (Å²) in [7, 11) is 0. The van der Waals surface area contributed by atoms with E-state index in [0.717, 1.165) is 26.2 Å². The van der Waals surface area contributed by atoms with Crippen LogP contribution < -0.4 is 4.90 Å². The van der Waals surface area contributed by atoms with Crippen LogP contribution in [-0.4, -0.2) is 47.1 Å². The maximum absolute atomic E-state index is 12.4. The molecule has 2 aliphatic rings. The number of nitrogens with zero attached hydrogens (tertiary/aromatic N) is 4. The number of thioether (sulfide) groups is 1. The molecule has 8 heteroatoms. The molecular weight excluding hydrogens is 424 g/mol. The number of benzene rings is 3.